The number of rotatable bonds is 6. The Balaban J connectivity index is 2.32. The third-order valence-electron chi connectivity index (χ3n) is 2.02. The van der Waals surface area contributed by atoms with E-state index >= 15 is 0 Å². The van der Waals surface area contributed by atoms with Crippen LogP contribution >= 0.6 is 15.9 Å². The van der Waals surface area contributed by atoms with Crippen LogP contribution in [0.3, 0.4) is 0 Å². The van der Waals surface area contributed by atoms with Gasteiger partial charge >= 0.3 is 0 Å². The van der Waals surface area contributed by atoms with Crippen molar-refractivity contribution in [1.82, 2.24) is 20.3 Å². The lowest BCUT2D eigenvalue weighted by molar-refractivity contribution is 0.678. The first kappa shape index (κ1) is 12.4. The molecule has 0 saturated heterocycles. The minimum atomic E-state index is 0.794. The van der Waals surface area contributed by atoms with Gasteiger partial charge < -0.3 is 5.32 Å². The van der Waals surface area contributed by atoms with E-state index in [1.807, 2.05) is 13.1 Å². The first-order chi connectivity index (χ1) is 7.25. The lowest BCUT2D eigenvalue weighted by Gasteiger charge is -1.98. The molecule has 0 amide bonds. The third kappa shape index (κ3) is 4.13. The molecule has 0 aliphatic carbocycles. The largest absolute Gasteiger partial charge is 0.316 e. The maximum Gasteiger partial charge on any atom is 0.155 e. The number of aryl methyl sites for hydroxylation is 1. The molecule has 0 bridgehead atoms. The molecule has 84 valence electrons. The van der Waals surface area contributed by atoms with Crippen molar-refractivity contribution in [2.45, 2.75) is 19.8 Å². The van der Waals surface area contributed by atoms with E-state index in [0.29, 0.717) is 0 Å². The summed E-state index contributed by atoms with van der Waals surface area (Å²) in [6.07, 6.45) is 6.38. The number of nitrogens with zero attached hydrogens (tertiary/aromatic N) is 3. The molecule has 0 aliphatic heterocycles. The van der Waals surface area contributed by atoms with Crippen molar-refractivity contribution in [3.63, 3.8) is 0 Å². The molecule has 1 aromatic rings. The van der Waals surface area contributed by atoms with Crippen LogP contribution < -0.4 is 5.32 Å². The molecule has 0 spiro atoms. The first-order valence-electron chi connectivity index (χ1n) is 5.18. The number of aromatic nitrogens is 3. The topological polar surface area (TPSA) is 42.7 Å². The molecule has 0 unspecified atom stereocenters. The molecule has 1 rings (SSSR count). The molecule has 5 heteroatoms. The Bertz CT molecular complexity index is 300. The highest BCUT2D eigenvalue weighted by atomic mass is 79.9. The predicted octanol–water partition coefficient (Wildman–Crippen LogP) is 1.98. The highest BCUT2D eigenvalue weighted by Gasteiger charge is 2.02. The van der Waals surface area contributed by atoms with Crippen LogP contribution in [0.4, 0.5) is 0 Å². The molecule has 1 heterocycles. The highest BCUT2D eigenvalue weighted by Crippen LogP contribution is 2.13. The van der Waals surface area contributed by atoms with E-state index in [2.05, 4.69) is 44.6 Å². The van der Waals surface area contributed by atoms with Gasteiger partial charge in [-0.1, -0.05) is 18.2 Å². The summed E-state index contributed by atoms with van der Waals surface area (Å²) in [7, 11) is 1.88. The quantitative estimate of drug-likeness (QED) is 0.806. The van der Waals surface area contributed by atoms with E-state index in [4.69, 9.17) is 0 Å². The van der Waals surface area contributed by atoms with Crippen molar-refractivity contribution in [2.75, 3.05) is 13.1 Å². The van der Waals surface area contributed by atoms with E-state index in [-0.39, 0.29) is 0 Å². The Morgan fingerprint density at radius 1 is 1.47 bits per heavy atom. The summed E-state index contributed by atoms with van der Waals surface area (Å²) in [4.78, 5) is 0. The molecule has 0 radical (unpaired) electrons. The van der Waals surface area contributed by atoms with Crippen molar-refractivity contribution < 1.29 is 0 Å². The lowest BCUT2D eigenvalue weighted by Crippen LogP contribution is -2.14. The second-order valence-electron chi connectivity index (χ2n) is 3.33. The maximum atomic E-state index is 3.91. The van der Waals surface area contributed by atoms with Gasteiger partial charge in [-0.15, -0.1) is 5.10 Å². The monoisotopic (exact) mass is 272 g/mol. The molecule has 1 aromatic heterocycles. The molecule has 0 fully saturated rings. The first-order valence-corrected chi connectivity index (χ1v) is 5.97. The summed E-state index contributed by atoms with van der Waals surface area (Å²) in [5.41, 5.74) is 1.01. The molecular weight excluding hydrogens is 256 g/mol. The lowest BCUT2D eigenvalue weighted by atomic mass is 10.3. The van der Waals surface area contributed by atoms with Crippen LogP contribution in [0.15, 0.2) is 10.7 Å². The van der Waals surface area contributed by atoms with Crippen molar-refractivity contribution in [1.29, 1.82) is 0 Å². The normalized spacial score (nSPS) is 11.4. The molecule has 1 N–H and O–H groups in total. The Hall–Kier alpha value is -0.680. The van der Waals surface area contributed by atoms with Crippen LogP contribution in [-0.4, -0.2) is 28.1 Å². The van der Waals surface area contributed by atoms with Crippen LogP contribution in [0.1, 0.15) is 25.5 Å². The van der Waals surface area contributed by atoms with Gasteiger partial charge in [-0.3, -0.25) is 0 Å². The summed E-state index contributed by atoms with van der Waals surface area (Å²) >= 11 is 3.35. The van der Waals surface area contributed by atoms with Gasteiger partial charge in [0.15, 0.2) is 4.60 Å². The summed E-state index contributed by atoms with van der Waals surface area (Å²) in [6, 6.07) is 0. The summed E-state index contributed by atoms with van der Waals surface area (Å²) < 4.78 is 2.54. The molecule has 15 heavy (non-hydrogen) atoms. The van der Waals surface area contributed by atoms with Crippen LogP contribution in [0.5, 0.6) is 0 Å². The molecule has 0 atom stereocenters. The van der Waals surface area contributed by atoms with Crippen molar-refractivity contribution in [3.8, 4) is 0 Å². The van der Waals surface area contributed by atoms with Crippen LogP contribution in [-0.2, 0) is 7.05 Å². The number of halogens is 1. The number of nitrogens with one attached hydrogen (secondary N) is 1. The van der Waals surface area contributed by atoms with Crippen molar-refractivity contribution in [3.05, 3.63) is 16.4 Å². The van der Waals surface area contributed by atoms with Gasteiger partial charge in [0.2, 0.25) is 0 Å². The third-order valence-corrected chi connectivity index (χ3v) is 2.58. The van der Waals surface area contributed by atoms with Crippen molar-refractivity contribution in [2.24, 2.45) is 7.05 Å². The second kappa shape index (κ2) is 6.74. The fraction of sp³-hybridized carbons (Fsp3) is 0.600. The van der Waals surface area contributed by atoms with Gasteiger partial charge in [-0.25, -0.2) is 4.68 Å². The van der Waals surface area contributed by atoms with Crippen LogP contribution in [0.2, 0.25) is 0 Å². The Kier molecular flexibility index (Phi) is 5.57. The van der Waals surface area contributed by atoms with E-state index in [9.17, 15) is 0 Å². The SMILES string of the molecule is CCCNCC/C=C/c1c(Br)nnn1C. The van der Waals surface area contributed by atoms with E-state index in [1.54, 1.807) is 4.68 Å². The molecule has 4 nitrogen and oxygen atoms in total. The maximum absolute atomic E-state index is 3.91. The molecule has 0 aromatic carbocycles. The van der Waals surface area contributed by atoms with E-state index in [0.717, 1.165) is 29.8 Å². The average Bonchev–Trinajstić information content (AvgIpc) is 2.54. The fourth-order valence-electron chi connectivity index (χ4n) is 1.20. The summed E-state index contributed by atoms with van der Waals surface area (Å²) in [5.74, 6) is 0. The predicted molar refractivity (Wildman–Crippen MR) is 65.5 cm³/mol. The van der Waals surface area contributed by atoms with Crippen LogP contribution in [0.25, 0.3) is 6.08 Å². The minimum Gasteiger partial charge on any atom is -0.316 e. The molecule has 0 aliphatic rings. The minimum absolute atomic E-state index is 0.794. The Morgan fingerprint density at radius 2 is 2.27 bits per heavy atom. The van der Waals surface area contributed by atoms with Gasteiger partial charge in [-0.2, -0.15) is 0 Å². The summed E-state index contributed by atoms with van der Waals surface area (Å²) in [5, 5.41) is 11.1. The van der Waals surface area contributed by atoms with Crippen molar-refractivity contribution >= 4 is 22.0 Å². The Morgan fingerprint density at radius 3 is 2.87 bits per heavy atom. The average molecular weight is 273 g/mol. The van der Waals surface area contributed by atoms with Gasteiger partial charge in [0.25, 0.3) is 0 Å². The molecular formula is C10H17BrN4. The van der Waals surface area contributed by atoms with E-state index in [1.165, 1.54) is 6.42 Å². The van der Waals surface area contributed by atoms with Gasteiger partial charge in [0.1, 0.15) is 0 Å². The second-order valence-corrected chi connectivity index (χ2v) is 4.08. The summed E-state index contributed by atoms with van der Waals surface area (Å²) in [6.45, 7) is 4.28. The molecule has 0 saturated carbocycles. The highest BCUT2D eigenvalue weighted by molar-refractivity contribution is 9.10. The zero-order chi connectivity index (χ0) is 11.1. The number of hydrogen-bond acceptors (Lipinski definition) is 3. The van der Waals surface area contributed by atoms with Gasteiger partial charge in [0.05, 0.1) is 5.69 Å². The fourth-order valence-corrected chi connectivity index (χ4v) is 1.66. The van der Waals surface area contributed by atoms with Crippen LogP contribution in [0, 0.1) is 0 Å². The Labute approximate surface area is 98.9 Å². The standard InChI is InChI=1S/C10H17BrN4/c1-3-7-12-8-5-4-6-9-10(11)13-14-15(9)2/h4,6,12H,3,5,7-8H2,1-2H3/b6-4+. The zero-order valence-corrected chi connectivity index (χ0v) is 10.8. The van der Waals surface area contributed by atoms with Gasteiger partial charge in [-0.05, 0) is 47.9 Å². The smallest absolute Gasteiger partial charge is 0.155 e. The zero-order valence-electron chi connectivity index (χ0n) is 9.20. The number of hydrogen-bond donors (Lipinski definition) is 1. The van der Waals surface area contributed by atoms with Gasteiger partial charge in [0, 0.05) is 7.05 Å². The van der Waals surface area contributed by atoms with E-state index < -0.39 is 0 Å².